The molecule has 2 rings (SSSR count). The Bertz CT molecular complexity index is 499. The second-order valence-electron chi connectivity index (χ2n) is 4.97. The van der Waals surface area contributed by atoms with Crippen molar-refractivity contribution in [2.24, 2.45) is 0 Å². The molecule has 1 atom stereocenters. The first kappa shape index (κ1) is 13.5. The van der Waals surface area contributed by atoms with Gasteiger partial charge in [0.05, 0.1) is 11.4 Å². The summed E-state index contributed by atoms with van der Waals surface area (Å²) >= 11 is 0. The summed E-state index contributed by atoms with van der Waals surface area (Å²) in [5, 5.41) is 9.79. The highest BCUT2D eigenvalue weighted by molar-refractivity contribution is 7.89. The predicted molar refractivity (Wildman–Crippen MR) is 68.5 cm³/mol. The minimum Gasteiger partial charge on any atom is -0.389 e. The Hall–Kier alpha value is -0.980. The van der Waals surface area contributed by atoms with Gasteiger partial charge in [0.2, 0.25) is 10.0 Å². The molecule has 1 fully saturated rings. The summed E-state index contributed by atoms with van der Waals surface area (Å²) in [6, 6.07) is 5.46. The lowest BCUT2D eigenvalue weighted by molar-refractivity contribution is 0.0762. The second kappa shape index (κ2) is 4.95. The second-order valence-corrected chi connectivity index (χ2v) is 7.06. The molecular formula is C12H18N2O3S. The van der Waals surface area contributed by atoms with Crippen LogP contribution in [0, 0.1) is 0 Å². The van der Waals surface area contributed by atoms with Crippen LogP contribution in [0.15, 0.2) is 24.4 Å². The molecule has 1 aliphatic heterocycles. The Morgan fingerprint density at radius 3 is 2.83 bits per heavy atom. The first-order valence-electron chi connectivity index (χ1n) is 5.99. The first-order chi connectivity index (χ1) is 8.39. The molecule has 0 bridgehead atoms. The third-order valence-corrected chi connectivity index (χ3v) is 4.97. The fourth-order valence-corrected chi connectivity index (χ4v) is 3.62. The van der Waals surface area contributed by atoms with Crippen molar-refractivity contribution in [1.82, 2.24) is 9.29 Å². The molecule has 1 aromatic rings. The van der Waals surface area contributed by atoms with Crippen LogP contribution in [0.2, 0.25) is 0 Å². The standard InChI is InChI=1S/C12H18N2O3S/c1-12(15)6-8-14(10-12)18(16,17)9-5-11-4-2-3-7-13-11/h2-4,7,15H,5-6,8-10H2,1H3. The zero-order chi connectivity index (χ0) is 13.2. The molecule has 0 spiro atoms. The summed E-state index contributed by atoms with van der Waals surface area (Å²) in [5.74, 6) is 0.0418. The van der Waals surface area contributed by atoms with Crippen molar-refractivity contribution in [1.29, 1.82) is 0 Å². The molecule has 5 nitrogen and oxygen atoms in total. The maximum atomic E-state index is 12.1. The van der Waals surface area contributed by atoms with E-state index >= 15 is 0 Å². The van der Waals surface area contributed by atoms with E-state index in [1.54, 1.807) is 19.2 Å². The highest BCUT2D eigenvalue weighted by Crippen LogP contribution is 2.23. The zero-order valence-corrected chi connectivity index (χ0v) is 11.2. The van der Waals surface area contributed by atoms with Gasteiger partial charge in [-0.05, 0) is 25.5 Å². The number of nitrogens with zero attached hydrogens (tertiary/aromatic N) is 2. The molecule has 18 heavy (non-hydrogen) atoms. The van der Waals surface area contributed by atoms with Gasteiger partial charge in [0.15, 0.2) is 0 Å². The molecule has 0 amide bonds. The SMILES string of the molecule is CC1(O)CCN(S(=O)(=O)CCc2ccccn2)C1. The molecule has 0 radical (unpaired) electrons. The van der Waals surface area contributed by atoms with Crippen LogP contribution in [-0.2, 0) is 16.4 Å². The monoisotopic (exact) mass is 270 g/mol. The van der Waals surface area contributed by atoms with Gasteiger partial charge in [-0.25, -0.2) is 8.42 Å². The number of rotatable bonds is 4. The highest BCUT2D eigenvalue weighted by Gasteiger charge is 2.37. The number of aryl methyl sites for hydroxylation is 1. The first-order valence-corrected chi connectivity index (χ1v) is 7.60. The van der Waals surface area contributed by atoms with Crippen molar-refractivity contribution in [3.8, 4) is 0 Å². The zero-order valence-electron chi connectivity index (χ0n) is 10.4. The number of pyridine rings is 1. The van der Waals surface area contributed by atoms with E-state index in [2.05, 4.69) is 4.98 Å². The van der Waals surface area contributed by atoms with E-state index in [1.165, 1.54) is 4.31 Å². The van der Waals surface area contributed by atoms with Gasteiger partial charge in [-0.15, -0.1) is 0 Å². The summed E-state index contributed by atoms with van der Waals surface area (Å²) in [7, 11) is -3.30. The van der Waals surface area contributed by atoms with Gasteiger partial charge in [0.1, 0.15) is 0 Å². The molecule has 100 valence electrons. The number of β-amino-alcohol motifs (C(OH)–C–C–N with tert-alkyl or cyclic N) is 1. The van der Waals surface area contributed by atoms with Gasteiger partial charge in [0, 0.05) is 31.4 Å². The van der Waals surface area contributed by atoms with Crippen LogP contribution in [0.1, 0.15) is 19.0 Å². The van der Waals surface area contributed by atoms with Crippen molar-refractivity contribution in [3.63, 3.8) is 0 Å². The van der Waals surface area contributed by atoms with E-state index in [-0.39, 0.29) is 12.3 Å². The number of aliphatic hydroxyl groups is 1. The highest BCUT2D eigenvalue weighted by atomic mass is 32.2. The van der Waals surface area contributed by atoms with E-state index in [1.807, 2.05) is 12.1 Å². The number of hydrogen-bond donors (Lipinski definition) is 1. The quantitative estimate of drug-likeness (QED) is 0.860. The van der Waals surface area contributed by atoms with Crippen molar-refractivity contribution in [3.05, 3.63) is 30.1 Å². The normalized spacial score (nSPS) is 25.4. The fourth-order valence-electron chi connectivity index (χ4n) is 2.05. The van der Waals surface area contributed by atoms with Gasteiger partial charge in [-0.3, -0.25) is 4.98 Å². The Labute approximate surface area is 108 Å². The summed E-state index contributed by atoms with van der Waals surface area (Å²) in [5.41, 5.74) is -0.120. The largest absolute Gasteiger partial charge is 0.389 e. The van der Waals surface area contributed by atoms with Crippen molar-refractivity contribution < 1.29 is 13.5 Å². The molecule has 1 aromatic heterocycles. The van der Waals surface area contributed by atoms with E-state index < -0.39 is 15.6 Å². The number of sulfonamides is 1. The van der Waals surface area contributed by atoms with Crippen LogP contribution in [0.4, 0.5) is 0 Å². The topological polar surface area (TPSA) is 70.5 Å². The average molecular weight is 270 g/mol. The fraction of sp³-hybridized carbons (Fsp3) is 0.583. The van der Waals surface area contributed by atoms with Crippen LogP contribution in [0.3, 0.4) is 0 Å². The molecule has 1 unspecified atom stereocenters. The minimum absolute atomic E-state index is 0.0418. The van der Waals surface area contributed by atoms with Gasteiger partial charge < -0.3 is 5.11 Å². The lowest BCUT2D eigenvalue weighted by Gasteiger charge is -2.18. The molecule has 0 aliphatic carbocycles. The average Bonchev–Trinajstić information content (AvgIpc) is 2.69. The minimum atomic E-state index is -3.30. The molecule has 0 aromatic carbocycles. The predicted octanol–water partition coefficient (Wildman–Crippen LogP) is 0.411. The Kier molecular flexibility index (Phi) is 3.70. The molecule has 6 heteroatoms. The lowest BCUT2D eigenvalue weighted by atomic mass is 10.1. The van der Waals surface area contributed by atoms with Gasteiger partial charge in [-0.2, -0.15) is 4.31 Å². The Balaban J connectivity index is 1.97. The van der Waals surface area contributed by atoms with E-state index in [9.17, 15) is 13.5 Å². The molecule has 1 aliphatic rings. The van der Waals surface area contributed by atoms with Gasteiger partial charge in [-0.1, -0.05) is 6.07 Å². The van der Waals surface area contributed by atoms with Crippen LogP contribution in [-0.4, -0.2) is 47.3 Å². The Morgan fingerprint density at radius 1 is 1.50 bits per heavy atom. The maximum Gasteiger partial charge on any atom is 0.214 e. The summed E-state index contributed by atoms with van der Waals surface area (Å²) in [6.07, 6.45) is 2.56. The smallest absolute Gasteiger partial charge is 0.214 e. The van der Waals surface area contributed by atoms with E-state index in [4.69, 9.17) is 0 Å². The summed E-state index contributed by atoms with van der Waals surface area (Å²) in [6.45, 7) is 2.26. The van der Waals surface area contributed by atoms with E-state index in [0.717, 1.165) is 5.69 Å². The molecule has 2 heterocycles. The number of aromatic nitrogens is 1. The summed E-state index contributed by atoms with van der Waals surface area (Å²) < 4.78 is 25.5. The van der Waals surface area contributed by atoms with Crippen molar-refractivity contribution in [2.75, 3.05) is 18.8 Å². The van der Waals surface area contributed by atoms with E-state index in [0.29, 0.717) is 19.4 Å². The van der Waals surface area contributed by atoms with Crippen LogP contribution in [0.5, 0.6) is 0 Å². The van der Waals surface area contributed by atoms with Gasteiger partial charge in [0.25, 0.3) is 0 Å². The molecular weight excluding hydrogens is 252 g/mol. The van der Waals surface area contributed by atoms with Crippen molar-refractivity contribution in [2.45, 2.75) is 25.4 Å². The Morgan fingerprint density at radius 2 is 2.28 bits per heavy atom. The number of hydrogen-bond acceptors (Lipinski definition) is 4. The van der Waals surface area contributed by atoms with Gasteiger partial charge >= 0.3 is 0 Å². The van der Waals surface area contributed by atoms with Crippen molar-refractivity contribution >= 4 is 10.0 Å². The molecule has 1 N–H and O–H groups in total. The molecule has 1 saturated heterocycles. The summed E-state index contributed by atoms with van der Waals surface area (Å²) in [4.78, 5) is 4.10. The lowest BCUT2D eigenvalue weighted by Crippen LogP contribution is -2.35. The van der Waals surface area contributed by atoms with Crippen LogP contribution in [0.25, 0.3) is 0 Å². The third kappa shape index (κ3) is 3.28. The third-order valence-electron chi connectivity index (χ3n) is 3.15. The van der Waals surface area contributed by atoms with Crippen LogP contribution < -0.4 is 0 Å². The maximum absolute atomic E-state index is 12.1. The molecule has 0 saturated carbocycles. The van der Waals surface area contributed by atoms with Crippen LogP contribution >= 0.6 is 0 Å².